The first-order chi connectivity index (χ1) is 12.8. The summed E-state index contributed by atoms with van der Waals surface area (Å²) in [6.07, 6.45) is 0.250. The molecule has 27 heavy (non-hydrogen) atoms. The van der Waals surface area contributed by atoms with E-state index in [-0.39, 0.29) is 24.1 Å². The van der Waals surface area contributed by atoms with Crippen molar-refractivity contribution in [3.8, 4) is 0 Å². The SMILES string of the molecule is Cc1nc(C(C)C)sc1C(=O)N1CCN(C(=O)Cc2ccc(F)cc2)CC1. The summed E-state index contributed by atoms with van der Waals surface area (Å²) in [6, 6.07) is 5.99. The van der Waals surface area contributed by atoms with E-state index < -0.39 is 0 Å². The molecule has 1 aromatic carbocycles. The van der Waals surface area contributed by atoms with Crippen LogP contribution in [-0.2, 0) is 11.2 Å². The maximum atomic E-state index is 13.0. The highest BCUT2D eigenvalue weighted by Gasteiger charge is 2.27. The Hall–Kier alpha value is -2.28. The van der Waals surface area contributed by atoms with Crippen LogP contribution in [0.25, 0.3) is 0 Å². The standard InChI is InChI=1S/C20H24FN3O2S/c1-13(2)19-22-14(3)18(27-19)20(26)24-10-8-23(9-11-24)17(25)12-15-4-6-16(21)7-5-15/h4-7,13H,8-12H2,1-3H3. The molecule has 144 valence electrons. The molecule has 7 heteroatoms. The Morgan fingerprint density at radius 2 is 1.70 bits per heavy atom. The summed E-state index contributed by atoms with van der Waals surface area (Å²) in [6.45, 7) is 8.07. The van der Waals surface area contributed by atoms with Crippen LogP contribution in [0.15, 0.2) is 24.3 Å². The van der Waals surface area contributed by atoms with Crippen molar-refractivity contribution in [2.24, 2.45) is 0 Å². The molecule has 2 heterocycles. The summed E-state index contributed by atoms with van der Waals surface area (Å²) in [5.74, 6) is 0.000737. The second kappa shape index (κ2) is 8.17. The number of carbonyl (C=O) groups excluding carboxylic acids is 2. The lowest BCUT2D eigenvalue weighted by atomic mass is 10.1. The molecule has 0 unspecified atom stereocenters. The van der Waals surface area contributed by atoms with E-state index in [1.54, 1.807) is 21.9 Å². The minimum absolute atomic E-state index is 0.00235. The number of aryl methyl sites for hydroxylation is 1. The Morgan fingerprint density at radius 1 is 1.11 bits per heavy atom. The molecular formula is C20H24FN3O2S. The normalized spacial score (nSPS) is 14.7. The average Bonchev–Trinajstić information content (AvgIpc) is 3.05. The van der Waals surface area contributed by atoms with Gasteiger partial charge in [-0.3, -0.25) is 9.59 Å². The van der Waals surface area contributed by atoms with E-state index in [0.717, 1.165) is 16.3 Å². The van der Waals surface area contributed by atoms with E-state index in [2.05, 4.69) is 18.8 Å². The number of halogens is 1. The van der Waals surface area contributed by atoms with Crippen LogP contribution in [-0.4, -0.2) is 52.8 Å². The summed E-state index contributed by atoms with van der Waals surface area (Å²) >= 11 is 1.47. The van der Waals surface area contributed by atoms with Crippen LogP contribution >= 0.6 is 11.3 Å². The summed E-state index contributed by atoms with van der Waals surface area (Å²) in [5.41, 5.74) is 1.57. The van der Waals surface area contributed by atoms with Crippen molar-refractivity contribution in [2.45, 2.75) is 33.1 Å². The van der Waals surface area contributed by atoms with Gasteiger partial charge in [-0.1, -0.05) is 26.0 Å². The van der Waals surface area contributed by atoms with Crippen LogP contribution in [0.2, 0.25) is 0 Å². The minimum Gasteiger partial charge on any atom is -0.339 e. The number of thiazole rings is 1. The molecule has 2 amide bonds. The van der Waals surface area contributed by atoms with E-state index in [0.29, 0.717) is 37.0 Å². The lowest BCUT2D eigenvalue weighted by molar-refractivity contribution is -0.131. The molecule has 1 fully saturated rings. The fourth-order valence-corrected chi connectivity index (χ4v) is 4.09. The van der Waals surface area contributed by atoms with Crippen LogP contribution in [0.5, 0.6) is 0 Å². The second-order valence-electron chi connectivity index (χ2n) is 7.10. The molecule has 3 rings (SSSR count). The van der Waals surface area contributed by atoms with Gasteiger partial charge in [0.05, 0.1) is 17.1 Å². The molecule has 0 aliphatic carbocycles. The molecule has 0 saturated carbocycles. The van der Waals surface area contributed by atoms with Gasteiger partial charge in [0.1, 0.15) is 10.7 Å². The fourth-order valence-electron chi connectivity index (χ4n) is 3.05. The molecule has 1 aromatic heterocycles. The first-order valence-electron chi connectivity index (χ1n) is 9.14. The molecule has 1 aliphatic rings. The Labute approximate surface area is 162 Å². The van der Waals surface area contributed by atoms with Crippen molar-refractivity contribution >= 4 is 23.2 Å². The number of piperazine rings is 1. The number of hydrogen-bond acceptors (Lipinski definition) is 4. The molecule has 0 N–H and O–H groups in total. The lowest BCUT2D eigenvalue weighted by Crippen LogP contribution is -2.51. The molecule has 0 bridgehead atoms. The van der Waals surface area contributed by atoms with Gasteiger partial charge in [0, 0.05) is 32.1 Å². The lowest BCUT2D eigenvalue weighted by Gasteiger charge is -2.34. The van der Waals surface area contributed by atoms with Crippen molar-refractivity contribution in [1.82, 2.24) is 14.8 Å². The zero-order chi connectivity index (χ0) is 19.6. The third kappa shape index (κ3) is 4.53. The number of amides is 2. The molecular weight excluding hydrogens is 365 g/mol. The van der Waals surface area contributed by atoms with Crippen LogP contribution in [0.1, 0.15) is 45.7 Å². The van der Waals surface area contributed by atoms with E-state index in [9.17, 15) is 14.0 Å². The van der Waals surface area contributed by atoms with Crippen molar-refractivity contribution < 1.29 is 14.0 Å². The Kier molecular flexibility index (Phi) is 5.89. The van der Waals surface area contributed by atoms with Gasteiger partial charge in [-0.25, -0.2) is 9.37 Å². The molecule has 0 spiro atoms. The molecule has 1 aliphatic heterocycles. The van der Waals surface area contributed by atoms with Gasteiger partial charge in [0.25, 0.3) is 5.91 Å². The zero-order valence-corrected chi connectivity index (χ0v) is 16.7. The van der Waals surface area contributed by atoms with Crippen LogP contribution in [0, 0.1) is 12.7 Å². The van der Waals surface area contributed by atoms with Gasteiger partial charge in [0.15, 0.2) is 0 Å². The number of carbonyl (C=O) groups is 2. The number of benzene rings is 1. The smallest absolute Gasteiger partial charge is 0.265 e. The molecule has 1 saturated heterocycles. The van der Waals surface area contributed by atoms with Crippen LogP contribution in [0.3, 0.4) is 0 Å². The van der Waals surface area contributed by atoms with Crippen molar-refractivity contribution in [2.75, 3.05) is 26.2 Å². The number of nitrogens with zero attached hydrogens (tertiary/aromatic N) is 3. The predicted octanol–water partition coefficient (Wildman–Crippen LogP) is 3.24. The third-order valence-corrected chi connectivity index (χ3v) is 6.14. The van der Waals surface area contributed by atoms with E-state index in [1.807, 2.05) is 6.92 Å². The van der Waals surface area contributed by atoms with E-state index >= 15 is 0 Å². The number of hydrogen-bond donors (Lipinski definition) is 0. The molecule has 0 radical (unpaired) electrons. The molecule has 2 aromatic rings. The van der Waals surface area contributed by atoms with Crippen molar-refractivity contribution in [3.05, 3.63) is 51.2 Å². The van der Waals surface area contributed by atoms with Crippen LogP contribution in [0.4, 0.5) is 4.39 Å². The van der Waals surface area contributed by atoms with Gasteiger partial charge in [-0.2, -0.15) is 0 Å². The fraction of sp³-hybridized carbons (Fsp3) is 0.450. The first kappa shape index (κ1) is 19.5. The first-order valence-corrected chi connectivity index (χ1v) is 9.95. The molecule has 5 nitrogen and oxygen atoms in total. The van der Waals surface area contributed by atoms with Gasteiger partial charge in [-0.05, 0) is 24.6 Å². The zero-order valence-electron chi connectivity index (χ0n) is 15.9. The second-order valence-corrected chi connectivity index (χ2v) is 8.13. The highest BCUT2D eigenvalue weighted by atomic mass is 32.1. The maximum absolute atomic E-state index is 13.0. The average molecular weight is 389 g/mol. The van der Waals surface area contributed by atoms with E-state index in [4.69, 9.17) is 0 Å². The molecule has 0 atom stereocenters. The number of aromatic nitrogens is 1. The Morgan fingerprint density at radius 3 is 2.26 bits per heavy atom. The van der Waals surface area contributed by atoms with Crippen molar-refractivity contribution in [3.63, 3.8) is 0 Å². The Bertz CT molecular complexity index is 824. The van der Waals surface area contributed by atoms with Gasteiger partial charge < -0.3 is 9.80 Å². The van der Waals surface area contributed by atoms with Crippen molar-refractivity contribution in [1.29, 1.82) is 0 Å². The van der Waals surface area contributed by atoms with Gasteiger partial charge in [0.2, 0.25) is 5.91 Å². The van der Waals surface area contributed by atoms with Crippen LogP contribution < -0.4 is 0 Å². The summed E-state index contributed by atoms with van der Waals surface area (Å²) in [5, 5.41) is 0.976. The minimum atomic E-state index is -0.308. The summed E-state index contributed by atoms with van der Waals surface area (Å²) in [4.78, 5) is 34.0. The summed E-state index contributed by atoms with van der Waals surface area (Å²) < 4.78 is 13.0. The monoisotopic (exact) mass is 389 g/mol. The third-order valence-electron chi connectivity index (χ3n) is 4.69. The maximum Gasteiger partial charge on any atom is 0.265 e. The largest absolute Gasteiger partial charge is 0.339 e. The predicted molar refractivity (Wildman–Crippen MR) is 104 cm³/mol. The van der Waals surface area contributed by atoms with Gasteiger partial charge in [-0.15, -0.1) is 11.3 Å². The summed E-state index contributed by atoms with van der Waals surface area (Å²) in [7, 11) is 0. The quantitative estimate of drug-likeness (QED) is 0.807. The van der Waals surface area contributed by atoms with Gasteiger partial charge >= 0.3 is 0 Å². The van der Waals surface area contributed by atoms with E-state index in [1.165, 1.54) is 23.5 Å². The Balaban J connectivity index is 1.57. The highest BCUT2D eigenvalue weighted by molar-refractivity contribution is 7.13. The number of rotatable bonds is 4. The topological polar surface area (TPSA) is 53.5 Å². The highest BCUT2D eigenvalue weighted by Crippen LogP contribution is 2.26.